The van der Waals surface area contributed by atoms with Crippen LogP contribution >= 0.6 is 11.8 Å². The predicted octanol–water partition coefficient (Wildman–Crippen LogP) is 2.39. The monoisotopic (exact) mass is 232 g/mol. The number of nitrogens with zero attached hydrogens (tertiary/aromatic N) is 1. The zero-order valence-electron chi connectivity index (χ0n) is 8.77. The fourth-order valence-corrected chi connectivity index (χ4v) is 2.84. The van der Waals surface area contributed by atoms with Crippen molar-refractivity contribution in [2.24, 2.45) is 0 Å². The lowest BCUT2D eigenvalue weighted by molar-refractivity contribution is -0.115. The number of rotatable bonds is 2. The maximum absolute atomic E-state index is 11.8. The van der Waals surface area contributed by atoms with Gasteiger partial charge >= 0.3 is 0 Å². The number of carbonyl (C=O) groups is 1. The van der Waals surface area contributed by atoms with E-state index < -0.39 is 0 Å². The van der Waals surface area contributed by atoms with Crippen LogP contribution in [0, 0.1) is 11.3 Å². The fraction of sp³-hybridized carbons (Fsp3) is 0.333. The topological polar surface area (TPSA) is 52.9 Å². The van der Waals surface area contributed by atoms with E-state index in [1.165, 1.54) is 0 Å². The number of benzene rings is 1. The lowest BCUT2D eigenvalue weighted by Gasteiger charge is -2.09. The second kappa shape index (κ2) is 5.04. The van der Waals surface area contributed by atoms with E-state index in [0.717, 1.165) is 18.6 Å². The van der Waals surface area contributed by atoms with Gasteiger partial charge in [0.1, 0.15) is 0 Å². The van der Waals surface area contributed by atoms with Crippen LogP contribution in [0.2, 0.25) is 0 Å². The molecule has 0 bridgehead atoms. The van der Waals surface area contributed by atoms with Gasteiger partial charge in [-0.15, -0.1) is 11.8 Å². The molecule has 1 saturated heterocycles. The molecular formula is C12H12N2OS. The highest BCUT2D eigenvalue weighted by atomic mass is 32.2. The van der Waals surface area contributed by atoms with Crippen molar-refractivity contribution in [1.82, 2.24) is 0 Å². The van der Waals surface area contributed by atoms with Crippen LogP contribution in [0.1, 0.15) is 18.4 Å². The number of nitrogens with one attached hydrogen (secondary N) is 1. The van der Waals surface area contributed by atoms with E-state index in [-0.39, 0.29) is 11.2 Å². The van der Waals surface area contributed by atoms with Gasteiger partial charge in [-0.05, 0) is 36.8 Å². The minimum Gasteiger partial charge on any atom is -0.325 e. The molecule has 1 aliphatic heterocycles. The molecule has 1 unspecified atom stereocenters. The first-order valence-electron chi connectivity index (χ1n) is 5.22. The summed E-state index contributed by atoms with van der Waals surface area (Å²) in [5.41, 5.74) is 1.27. The molecule has 0 saturated carbocycles. The van der Waals surface area contributed by atoms with Crippen LogP contribution in [0.15, 0.2) is 24.3 Å². The third kappa shape index (κ3) is 2.56. The average molecular weight is 232 g/mol. The Labute approximate surface area is 98.8 Å². The Bertz CT molecular complexity index is 433. The van der Waals surface area contributed by atoms with Gasteiger partial charge in [-0.25, -0.2) is 0 Å². The van der Waals surface area contributed by atoms with Gasteiger partial charge in [0.05, 0.1) is 16.9 Å². The zero-order chi connectivity index (χ0) is 11.4. The molecule has 2 rings (SSSR count). The van der Waals surface area contributed by atoms with Crippen LogP contribution in [0.5, 0.6) is 0 Å². The molecule has 1 aromatic rings. The van der Waals surface area contributed by atoms with Crippen molar-refractivity contribution < 1.29 is 4.79 Å². The molecule has 3 nitrogen and oxygen atoms in total. The number of hydrogen-bond donors (Lipinski definition) is 1. The Morgan fingerprint density at radius 1 is 1.56 bits per heavy atom. The minimum atomic E-state index is 0.0533. The van der Waals surface area contributed by atoms with E-state index >= 15 is 0 Å². The van der Waals surface area contributed by atoms with E-state index in [0.29, 0.717) is 11.3 Å². The Balaban J connectivity index is 2.03. The van der Waals surface area contributed by atoms with Crippen molar-refractivity contribution in [3.05, 3.63) is 29.8 Å². The van der Waals surface area contributed by atoms with Gasteiger partial charge < -0.3 is 5.32 Å². The molecule has 82 valence electrons. The van der Waals surface area contributed by atoms with E-state index in [1.54, 1.807) is 36.0 Å². The summed E-state index contributed by atoms with van der Waals surface area (Å²) in [6.45, 7) is 0. The number of carbonyl (C=O) groups excluding carboxylic acids is 1. The van der Waals surface area contributed by atoms with Crippen LogP contribution in [0.25, 0.3) is 0 Å². The van der Waals surface area contributed by atoms with Crippen molar-refractivity contribution in [3.63, 3.8) is 0 Å². The maximum Gasteiger partial charge on any atom is 0.237 e. The molecule has 1 aliphatic rings. The van der Waals surface area contributed by atoms with E-state index in [9.17, 15) is 4.79 Å². The molecule has 16 heavy (non-hydrogen) atoms. The van der Waals surface area contributed by atoms with Crippen molar-refractivity contribution in [1.29, 1.82) is 5.26 Å². The summed E-state index contributed by atoms with van der Waals surface area (Å²) in [6.07, 6.45) is 2.06. The quantitative estimate of drug-likeness (QED) is 0.851. The standard InChI is InChI=1S/C12H12N2OS/c13-8-9-3-1-4-10(7-9)14-12(15)11-5-2-6-16-11/h1,3-4,7,11H,2,5-6H2,(H,14,15). The summed E-state index contributed by atoms with van der Waals surface area (Å²) in [7, 11) is 0. The SMILES string of the molecule is N#Cc1cccc(NC(=O)C2CCCS2)c1. The van der Waals surface area contributed by atoms with Crippen molar-refractivity contribution in [2.45, 2.75) is 18.1 Å². The van der Waals surface area contributed by atoms with E-state index in [4.69, 9.17) is 5.26 Å². The number of anilines is 1. The lowest BCUT2D eigenvalue weighted by atomic mass is 10.2. The number of amides is 1. The second-order valence-electron chi connectivity index (χ2n) is 3.68. The third-order valence-electron chi connectivity index (χ3n) is 2.48. The smallest absolute Gasteiger partial charge is 0.237 e. The molecule has 0 spiro atoms. The Morgan fingerprint density at radius 3 is 3.12 bits per heavy atom. The maximum atomic E-state index is 11.8. The zero-order valence-corrected chi connectivity index (χ0v) is 9.59. The summed E-state index contributed by atoms with van der Waals surface area (Å²) >= 11 is 1.70. The molecule has 1 atom stereocenters. The molecule has 1 heterocycles. The first-order valence-corrected chi connectivity index (χ1v) is 6.27. The molecule has 0 radical (unpaired) electrons. The Morgan fingerprint density at radius 2 is 2.44 bits per heavy atom. The molecule has 4 heteroatoms. The molecule has 1 N–H and O–H groups in total. The van der Waals surface area contributed by atoms with Gasteiger partial charge in [0.2, 0.25) is 5.91 Å². The predicted molar refractivity (Wildman–Crippen MR) is 65.3 cm³/mol. The number of nitriles is 1. The number of hydrogen-bond acceptors (Lipinski definition) is 3. The molecule has 1 fully saturated rings. The highest BCUT2D eigenvalue weighted by molar-refractivity contribution is 8.00. The molecule has 1 aromatic carbocycles. The van der Waals surface area contributed by atoms with Crippen LogP contribution in [-0.2, 0) is 4.79 Å². The van der Waals surface area contributed by atoms with Gasteiger partial charge in [-0.2, -0.15) is 5.26 Å². The molecule has 1 amide bonds. The average Bonchev–Trinajstić information content (AvgIpc) is 2.83. The van der Waals surface area contributed by atoms with E-state index in [1.807, 2.05) is 0 Å². The highest BCUT2D eigenvalue weighted by Gasteiger charge is 2.23. The van der Waals surface area contributed by atoms with Gasteiger partial charge in [0.15, 0.2) is 0 Å². The van der Waals surface area contributed by atoms with E-state index in [2.05, 4.69) is 11.4 Å². The Kier molecular flexibility index (Phi) is 3.47. The third-order valence-corrected chi connectivity index (χ3v) is 3.86. The summed E-state index contributed by atoms with van der Waals surface area (Å²) in [6, 6.07) is 9.05. The first-order chi connectivity index (χ1) is 7.79. The molecule has 0 aromatic heterocycles. The first kappa shape index (κ1) is 11.0. The van der Waals surface area contributed by atoms with Crippen LogP contribution in [-0.4, -0.2) is 16.9 Å². The van der Waals surface area contributed by atoms with Crippen LogP contribution < -0.4 is 5.32 Å². The summed E-state index contributed by atoms with van der Waals surface area (Å²) < 4.78 is 0. The van der Waals surface area contributed by atoms with Crippen LogP contribution in [0.4, 0.5) is 5.69 Å². The normalized spacial score (nSPS) is 19.1. The summed E-state index contributed by atoms with van der Waals surface area (Å²) in [4.78, 5) is 11.8. The molecular weight excluding hydrogens is 220 g/mol. The van der Waals surface area contributed by atoms with Gasteiger partial charge in [-0.1, -0.05) is 6.07 Å². The van der Waals surface area contributed by atoms with Crippen LogP contribution in [0.3, 0.4) is 0 Å². The summed E-state index contributed by atoms with van der Waals surface area (Å²) in [5, 5.41) is 11.7. The van der Waals surface area contributed by atoms with Gasteiger partial charge in [0.25, 0.3) is 0 Å². The second-order valence-corrected chi connectivity index (χ2v) is 4.99. The minimum absolute atomic E-state index is 0.0533. The van der Waals surface area contributed by atoms with Crippen molar-refractivity contribution in [2.75, 3.05) is 11.1 Å². The summed E-state index contributed by atoms with van der Waals surface area (Å²) in [5.74, 6) is 1.12. The fourth-order valence-electron chi connectivity index (χ4n) is 1.67. The van der Waals surface area contributed by atoms with Crippen molar-refractivity contribution in [3.8, 4) is 6.07 Å². The van der Waals surface area contributed by atoms with Gasteiger partial charge in [-0.3, -0.25) is 4.79 Å². The lowest BCUT2D eigenvalue weighted by Crippen LogP contribution is -2.22. The molecule has 0 aliphatic carbocycles. The number of thioether (sulfide) groups is 1. The Hall–Kier alpha value is -1.47. The highest BCUT2D eigenvalue weighted by Crippen LogP contribution is 2.27. The van der Waals surface area contributed by atoms with Crippen molar-refractivity contribution >= 4 is 23.4 Å². The van der Waals surface area contributed by atoms with Gasteiger partial charge in [0, 0.05) is 5.69 Å². The largest absolute Gasteiger partial charge is 0.325 e.